The van der Waals surface area contributed by atoms with Crippen LogP contribution in [0, 0.1) is 16.0 Å². The van der Waals surface area contributed by atoms with Gasteiger partial charge >= 0.3 is 5.69 Å². The molecule has 1 atom stereocenters. The molecule has 1 aromatic carbocycles. The van der Waals surface area contributed by atoms with Crippen molar-refractivity contribution in [3.05, 3.63) is 28.3 Å². The molecule has 0 heterocycles. The molecule has 0 fully saturated rings. The van der Waals surface area contributed by atoms with Crippen LogP contribution in [0.4, 0.5) is 5.69 Å². The fourth-order valence-corrected chi connectivity index (χ4v) is 1.35. The van der Waals surface area contributed by atoms with E-state index in [1.54, 1.807) is 12.1 Å². The number of nitro groups is 1. The van der Waals surface area contributed by atoms with E-state index < -0.39 is 4.92 Å². The fraction of sp³-hybridized carbons (Fsp3) is 0.455. The third-order valence-corrected chi connectivity index (χ3v) is 3.25. The van der Waals surface area contributed by atoms with E-state index in [0.717, 1.165) is 5.33 Å². The molecule has 0 saturated heterocycles. The van der Waals surface area contributed by atoms with Crippen LogP contribution < -0.4 is 9.47 Å². The molecule has 0 aliphatic heterocycles. The van der Waals surface area contributed by atoms with E-state index in [0.29, 0.717) is 12.4 Å². The highest BCUT2D eigenvalue weighted by Crippen LogP contribution is 2.31. The van der Waals surface area contributed by atoms with Crippen LogP contribution in [0.5, 0.6) is 11.5 Å². The van der Waals surface area contributed by atoms with Gasteiger partial charge in [-0.05, 0) is 18.1 Å². The van der Waals surface area contributed by atoms with Crippen molar-refractivity contribution in [2.75, 3.05) is 19.0 Å². The number of hydrogen-bond donors (Lipinski definition) is 0. The van der Waals surface area contributed by atoms with E-state index in [9.17, 15) is 10.1 Å². The maximum Gasteiger partial charge on any atom is 0.314 e. The molecule has 0 amide bonds. The molecular formula is C11H14BrNO4. The van der Waals surface area contributed by atoms with Crippen molar-refractivity contribution >= 4 is 21.6 Å². The van der Waals surface area contributed by atoms with E-state index in [-0.39, 0.29) is 17.4 Å². The molecule has 0 radical (unpaired) electrons. The van der Waals surface area contributed by atoms with Crippen molar-refractivity contribution in [2.24, 2.45) is 5.92 Å². The molecule has 0 aliphatic rings. The molecule has 0 saturated carbocycles. The second-order valence-electron chi connectivity index (χ2n) is 3.66. The predicted octanol–water partition coefficient (Wildman–Crippen LogP) is 3.01. The van der Waals surface area contributed by atoms with Crippen LogP contribution in [0.25, 0.3) is 0 Å². The van der Waals surface area contributed by atoms with Gasteiger partial charge in [-0.3, -0.25) is 10.1 Å². The van der Waals surface area contributed by atoms with Crippen molar-refractivity contribution in [3.8, 4) is 11.5 Å². The third-order valence-electron chi connectivity index (χ3n) is 2.15. The Morgan fingerprint density at radius 1 is 1.53 bits per heavy atom. The van der Waals surface area contributed by atoms with E-state index >= 15 is 0 Å². The first-order chi connectivity index (χ1) is 8.08. The summed E-state index contributed by atoms with van der Waals surface area (Å²) in [5.41, 5.74) is -0.0777. The lowest BCUT2D eigenvalue weighted by molar-refractivity contribution is -0.386. The first-order valence-electron chi connectivity index (χ1n) is 5.09. The van der Waals surface area contributed by atoms with Crippen LogP contribution in [0.15, 0.2) is 18.2 Å². The summed E-state index contributed by atoms with van der Waals surface area (Å²) in [6.07, 6.45) is 0. The van der Waals surface area contributed by atoms with Gasteiger partial charge < -0.3 is 9.47 Å². The summed E-state index contributed by atoms with van der Waals surface area (Å²) in [6, 6.07) is 4.55. The van der Waals surface area contributed by atoms with Crippen molar-refractivity contribution in [3.63, 3.8) is 0 Å². The zero-order valence-electron chi connectivity index (χ0n) is 9.68. The van der Waals surface area contributed by atoms with Gasteiger partial charge in [0.15, 0.2) is 5.75 Å². The smallest absolute Gasteiger partial charge is 0.314 e. The lowest BCUT2D eigenvalue weighted by Gasteiger charge is -2.11. The maximum atomic E-state index is 10.9. The van der Waals surface area contributed by atoms with Gasteiger partial charge in [-0.25, -0.2) is 0 Å². The molecule has 0 aromatic heterocycles. The summed E-state index contributed by atoms with van der Waals surface area (Å²) in [5, 5.41) is 11.7. The molecular weight excluding hydrogens is 290 g/mol. The molecule has 1 unspecified atom stereocenters. The largest absolute Gasteiger partial charge is 0.496 e. The minimum atomic E-state index is -0.476. The number of alkyl halides is 1. The number of nitrogens with zero attached hydrogens (tertiary/aromatic N) is 1. The van der Waals surface area contributed by atoms with Gasteiger partial charge in [-0.2, -0.15) is 0 Å². The number of halogens is 1. The highest BCUT2D eigenvalue weighted by Gasteiger charge is 2.17. The fourth-order valence-electron chi connectivity index (χ4n) is 1.17. The van der Waals surface area contributed by atoms with Gasteiger partial charge in [0, 0.05) is 5.33 Å². The van der Waals surface area contributed by atoms with E-state index in [4.69, 9.17) is 9.47 Å². The number of nitro benzene ring substituents is 1. The average Bonchev–Trinajstić information content (AvgIpc) is 2.35. The lowest BCUT2D eigenvalue weighted by Crippen LogP contribution is -2.10. The number of ether oxygens (including phenoxy) is 2. The van der Waals surface area contributed by atoms with Gasteiger partial charge in [0.25, 0.3) is 0 Å². The summed E-state index contributed by atoms with van der Waals surface area (Å²) < 4.78 is 10.4. The molecule has 5 nitrogen and oxygen atoms in total. The standard InChI is InChI=1S/C11H14BrNO4/c1-8(6-12)7-17-11-4-3-9(16-2)5-10(11)13(14)15/h3-5,8H,6-7H2,1-2H3. The highest BCUT2D eigenvalue weighted by molar-refractivity contribution is 9.09. The Morgan fingerprint density at radius 3 is 2.76 bits per heavy atom. The lowest BCUT2D eigenvalue weighted by atomic mass is 10.2. The number of rotatable bonds is 6. The second-order valence-corrected chi connectivity index (χ2v) is 4.31. The molecule has 0 N–H and O–H groups in total. The van der Waals surface area contributed by atoms with Gasteiger partial charge in [-0.15, -0.1) is 0 Å². The minimum Gasteiger partial charge on any atom is -0.496 e. The Hall–Kier alpha value is -1.30. The number of methoxy groups -OCH3 is 1. The van der Waals surface area contributed by atoms with Crippen LogP contribution in [0.2, 0.25) is 0 Å². The van der Waals surface area contributed by atoms with Crippen LogP contribution in [0.3, 0.4) is 0 Å². The Morgan fingerprint density at radius 2 is 2.24 bits per heavy atom. The molecule has 94 valence electrons. The van der Waals surface area contributed by atoms with Crippen molar-refractivity contribution in [1.82, 2.24) is 0 Å². The monoisotopic (exact) mass is 303 g/mol. The van der Waals surface area contributed by atoms with Crippen LogP contribution in [0.1, 0.15) is 6.92 Å². The Kier molecular flexibility index (Phi) is 5.21. The molecule has 0 aliphatic carbocycles. The molecule has 1 aromatic rings. The summed E-state index contributed by atoms with van der Waals surface area (Å²) >= 11 is 3.32. The van der Waals surface area contributed by atoms with Crippen LogP contribution in [-0.4, -0.2) is 24.0 Å². The Balaban J connectivity index is 2.87. The summed E-state index contributed by atoms with van der Waals surface area (Å²) in [7, 11) is 1.46. The van der Waals surface area contributed by atoms with Gasteiger partial charge in [0.1, 0.15) is 5.75 Å². The molecule has 17 heavy (non-hydrogen) atoms. The van der Waals surface area contributed by atoms with Crippen molar-refractivity contribution in [1.29, 1.82) is 0 Å². The predicted molar refractivity (Wildman–Crippen MR) is 68.1 cm³/mol. The van der Waals surface area contributed by atoms with Gasteiger partial charge in [-0.1, -0.05) is 22.9 Å². The van der Waals surface area contributed by atoms with E-state index in [2.05, 4.69) is 15.9 Å². The molecule has 0 bridgehead atoms. The van der Waals surface area contributed by atoms with E-state index in [1.165, 1.54) is 13.2 Å². The first-order valence-corrected chi connectivity index (χ1v) is 6.21. The minimum absolute atomic E-state index is 0.0777. The number of benzene rings is 1. The third kappa shape index (κ3) is 3.89. The zero-order chi connectivity index (χ0) is 12.8. The van der Waals surface area contributed by atoms with Gasteiger partial charge in [0.2, 0.25) is 0 Å². The summed E-state index contributed by atoms with van der Waals surface area (Å²) in [6.45, 7) is 2.42. The zero-order valence-corrected chi connectivity index (χ0v) is 11.3. The summed E-state index contributed by atoms with van der Waals surface area (Å²) in [4.78, 5) is 10.4. The Labute approximate surface area is 108 Å². The topological polar surface area (TPSA) is 61.6 Å². The SMILES string of the molecule is COc1ccc(OCC(C)CBr)c([N+](=O)[O-])c1. The van der Waals surface area contributed by atoms with E-state index in [1.807, 2.05) is 6.92 Å². The Bertz CT molecular complexity index is 397. The maximum absolute atomic E-state index is 10.9. The number of hydrogen-bond acceptors (Lipinski definition) is 4. The molecule has 0 spiro atoms. The summed E-state index contributed by atoms with van der Waals surface area (Å²) in [5.74, 6) is 0.998. The molecule has 6 heteroatoms. The van der Waals surface area contributed by atoms with Crippen LogP contribution >= 0.6 is 15.9 Å². The average molecular weight is 304 g/mol. The van der Waals surface area contributed by atoms with Gasteiger partial charge in [0.05, 0.1) is 24.7 Å². The van der Waals surface area contributed by atoms with Crippen molar-refractivity contribution < 1.29 is 14.4 Å². The first kappa shape index (κ1) is 13.8. The highest BCUT2D eigenvalue weighted by atomic mass is 79.9. The molecule has 1 rings (SSSR count). The van der Waals surface area contributed by atoms with Crippen molar-refractivity contribution in [2.45, 2.75) is 6.92 Å². The van der Waals surface area contributed by atoms with Crippen LogP contribution in [-0.2, 0) is 0 Å². The quantitative estimate of drug-likeness (QED) is 0.460. The second kappa shape index (κ2) is 6.44. The normalized spacial score (nSPS) is 11.9.